The molecule has 2 aromatic carbocycles. The Morgan fingerprint density at radius 3 is 2.02 bits per heavy atom. The Labute approximate surface area is 769 Å². The molecule has 31 nitrogen and oxygen atoms in total. The van der Waals surface area contributed by atoms with Crippen LogP contribution in [0.15, 0.2) is 72.3 Å². The van der Waals surface area contributed by atoms with Crippen molar-refractivity contribution in [2.24, 2.45) is 40.4 Å². The summed E-state index contributed by atoms with van der Waals surface area (Å²) in [5.41, 5.74) is -2.29. The number of nitrogens with zero attached hydrogens (tertiary/aromatic N) is 5. The van der Waals surface area contributed by atoms with Crippen molar-refractivity contribution >= 4 is 64.1 Å². The molecule has 14 atom stereocenters. The SMILES string of the molecule is CCCC1O[C@@H]2C[C@H]3[C@@H]4C[C@H](F)C5=CC(=O)C=C[C@]5(C)[C@@]4(F)[C@@H](O)C[C@]3(C)[C@]2(C(=O)CNC(=O)[C@H](C)CC(=O)[C@@H](NC(=O)[C@@H](CCCCNC(=O)COC2CCCCCc3c2nnn3CCOCCOCCOCCOCCC(=O)NCC[N+](C)(C)C)CC(=O)CCOCCOCCOCCOCCCC(=O)CCC(=O)N2Cc3ccccc3C#Cc3ccccc32)C(C)C)O1. The molecule has 3 aromatic rings. The fourth-order valence-electron chi connectivity index (χ4n) is 19.3. The van der Waals surface area contributed by atoms with Crippen LogP contribution < -0.4 is 26.2 Å². The van der Waals surface area contributed by atoms with Crippen LogP contribution in [0.25, 0.3) is 0 Å². The van der Waals surface area contributed by atoms with Gasteiger partial charge in [-0.25, -0.2) is 13.5 Å². The lowest BCUT2D eigenvalue weighted by molar-refractivity contribution is -0.869. The van der Waals surface area contributed by atoms with Crippen LogP contribution in [0.2, 0.25) is 0 Å². The Morgan fingerprint density at radius 2 is 1.33 bits per heavy atom. The molecule has 3 heterocycles. The molecule has 0 bridgehead atoms. The second-order valence-corrected chi connectivity index (χ2v) is 37.4. The van der Waals surface area contributed by atoms with E-state index in [0.29, 0.717) is 143 Å². The van der Waals surface area contributed by atoms with Crippen LogP contribution in [0.4, 0.5) is 14.5 Å². The number of halogens is 2. The Balaban J connectivity index is 0.648. The number of para-hydroxylation sites is 1. The number of hydrogen-bond acceptors (Lipinski definition) is 24. The molecule has 2 unspecified atom stereocenters. The van der Waals surface area contributed by atoms with Crippen LogP contribution in [0.5, 0.6) is 0 Å². The van der Waals surface area contributed by atoms with Crippen LogP contribution >= 0.6 is 0 Å². The first-order valence-electron chi connectivity index (χ1n) is 47.4. The number of unbranched alkanes of at least 4 members (excludes halogenated alkanes) is 1. The summed E-state index contributed by atoms with van der Waals surface area (Å²) in [6.45, 7) is 16.8. The molecule has 5 aliphatic carbocycles. The molecule has 33 heteroatoms. The Morgan fingerprint density at radius 1 is 0.687 bits per heavy atom. The standard InChI is InChI=1S/C98H141F2N9O22/c1-10-21-90-130-86-62-76-77-61-79(99)78-60-74(111)34-37-95(78,5)97(77,100)84(114)63-96(76,6)98(86,131-90)85(115)64-103-93(119)68(4)58-82(113)91(67(2)3)104-94(120)71(59-75(112)35-43-122-47-51-126-55-54-125-50-46-121-42-20-26-73(110)32-33-89(118)107-65-72-25-15-14-22-69(72)30-31-70-23-16-17-27-80(70)107)24-18-19-38-101-88(117)66-129-83-29-13-11-12-28-81-92(83)105-106-108(81)40-45-124-49-53-128-57-56-127-52-48-123-44-36-87(116)102-39-41-109(7,8)9/h14-17,22-23,25,27,34,37,60,67-68,71,76-77,79,83-84,86,90-91,114H,10-13,18-21,24,26,28-29,32-33,35-36,38-59,61-66H2,1-9H3,(H3-,101,102,103,104,116,117,119,120)/p+1/t68-,71+,76+,77+,79+,83?,84+,86-,90?,91+,95+,96+,97+,98-/m1/s1. The van der Waals surface area contributed by atoms with Crippen molar-refractivity contribution in [1.82, 2.24) is 36.3 Å². The molecule has 4 fully saturated rings. The van der Waals surface area contributed by atoms with Crippen LogP contribution in [0.1, 0.15) is 204 Å². The minimum atomic E-state index is -2.42. The number of alkyl halides is 2. The number of rotatable bonds is 59. The topological polar surface area (TPSA) is 375 Å². The van der Waals surface area contributed by atoms with Crippen LogP contribution in [0, 0.1) is 52.3 Å². The highest BCUT2D eigenvalue weighted by molar-refractivity contribution is 6.02. The summed E-state index contributed by atoms with van der Waals surface area (Å²) in [4.78, 5) is 138. The van der Waals surface area contributed by atoms with E-state index in [1.165, 1.54) is 26.0 Å². The second kappa shape index (κ2) is 51.4. The first kappa shape index (κ1) is 105. The Bertz CT molecular complexity index is 4430. The highest BCUT2D eigenvalue weighted by atomic mass is 19.1. The van der Waals surface area contributed by atoms with Gasteiger partial charge < -0.3 is 87.9 Å². The zero-order valence-corrected chi connectivity index (χ0v) is 78.3. The van der Waals surface area contributed by atoms with E-state index in [4.69, 9.17) is 52.1 Å². The molecule has 3 saturated carbocycles. The van der Waals surface area contributed by atoms with E-state index in [2.05, 4.69) is 64.6 Å². The van der Waals surface area contributed by atoms with Crippen molar-refractivity contribution in [3.05, 3.63) is 100 Å². The summed E-state index contributed by atoms with van der Waals surface area (Å²) >= 11 is 0. The third-order valence-corrected chi connectivity index (χ3v) is 26.5. The van der Waals surface area contributed by atoms with Gasteiger partial charge in [0.15, 0.2) is 34.9 Å². The molecule has 10 rings (SSSR count). The van der Waals surface area contributed by atoms with Gasteiger partial charge in [-0.05, 0) is 124 Å². The lowest BCUT2D eigenvalue weighted by Crippen LogP contribution is -2.71. The van der Waals surface area contributed by atoms with Gasteiger partial charge in [-0.2, -0.15) is 0 Å². The van der Waals surface area contributed by atoms with Crippen LogP contribution in [-0.2, 0) is 120 Å². The van der Waals surface area contributed by atoms with Gasteiger partial charge in [0.25, 0.3) is 0 Å². The minimum absolute atomic E-state index is 0.0197. The van der Waals surface area contributed by atoms with Gasteiger partial charge in [-0.3, -0.25) is 47.9 Å². The summed E-state index contributed by atoms with van der Waals surface area (Å²) in [7, 11) is 6.22. The molecule has 0 radical (unpaired) electrons. The second-order valence-electron chi connectivity index (χ2n) is 37.4. The number of carbonyl (C=O) groups excluding carboxylic acids is 10. The third-order valence-electron chi connectivity index (χ3n) is 26.5. The van der Waals surface area contributed by atoms with E-state index >= 15 is 13.6 Å². The number of amides is 5. The predicted molar refractivity (Wildman–Crippen MR) is 481 cm³/mol. The number of Topliss-reactive ketones (excluding diaryl/α,β-unsaturated/α-hetero) is 4. The summed E-state index contributed by atoms with van der Waals surface area (Å²) in [6, 6.07) is 14.2. The number of fused-ring (bicyclic) bond motifs is 10. The molecular formula is C98H142F2N9O22+. The van der Waals surface area contributed by atoms with Gasteiger partial charge in [0, 0.05) is 97.8 Å². The summed E-state index contributed by atoms with van der Waals surface area (Å²) in [6.07, 6.45) is 4.46. The first-order chi connectivity index (χ1) is 62.9. The number of aromatic nitrogens is 3. The van der Waals surface area contributed by atoms with E-state index < -0.39 is 124 Å². The minimum Gasteiger partial charge on any atom is -0.390 e. The van der Waals surface area contributed by atoms with Gasteiger partial charge in [0.1, 0.15) is 36.1 Å². The molecular weight excluding hydrogens is 1690 g/mol. The number of carbonyl (C=O) groups is 10. The number of ketones is 5. The Kier molecular flexibility index (Phi) is 41.1. The van der Waals surface area contributed by atoms with Crippen molar-refractivity contribution in [1.29, 1.82) is 0 Å². The first-order valence-corrected chi connectivity index (χ1v) is 47.4. The molecule has 724 valence electrons. The van der Waals surface area contributed by atoms with Crippen molar-refractivity contribution in [3.8, 4) is 11.8 Å². The van der Waals surface area contributed by atoms with Gasteiger partial charge in [-0.15, -0.1) is 5.10 Å². The molecule has 5 amide bonds. The number of benzene rings is 2. The molecule has 1 aromatic heterocycles. The highest BCUT2D eigenvalue weighted by Gasteiger charge is 2.80. The fourth-order valence-corrected chi connectivity index (χ4v) is 19.3. The quantitative estimate of drug-likeness (QED) is 0.0200. The Hall–Kier alpha value is -8.34. The maximum Gasteiger partial charge on any atom is 0.246 e. The largest absolute Gasteiger partial charge is 0.390 e. The summed E-state index contributed by atoms with van der Waals surface area (Å²) in [5, 5.41) is 32.6. The molecule has 0 spiro atoms. The lowest BCUT2D eigenvalue weighted by atomic mass is 9.44. The van der Waals surface area contributed by atoms with E-state index in [-0.39, 0.29) is 145 Å². The zero-order valence-electron chi connectivity index (χ0n) is 78.3. The fraction of sp³-hybridized carbons (Fsp3) is 0.694. The molecule has 1 saturated heterocycles. The predicted octanol–water partition coefficient (Wildman–Crippen LogP) is 8.76. The number of likely N-dealkylation sites (N-methyl/N-ethyl adjacent to an activating group) is 1. The monoisotopic (exact) mass is 1840 g/mol. The maximum absolute atomic E-state index is 18.2. The van der Waals surface area contributed by atoms with Crippen molar-refractivity contribution in [3.63, 3.8) is 0 Å². The van der Waals surface area contributed by atoms with E-state index in [9.17, 15) is 48.3 Å². The van der Waals surface area contributed by atoms with E-state index in [1.807, 2.05) is 60.1 Å². The average molecular weight is 1840 g/mol. The van der Waals surface area contributed by atoms with Gasteiger partial charge in [0.2, 0.25) is 29.5 Å². The number of hydrogen-bond donors (Lipinski definition) is 5. The van der Waals surface area contributed by atoms with Crippen LogP contribution in [-0.4, -0.2) is 285 Å². The lowest BCUT2D eigenvalue weighted by Gasteiger charge is -2.63. The number of nitrogens with one attached hydrogen (secondary N) is 4. The molecule has 5 N–H and O–H groups in total. The zero-order chi connectivity index (χ0) is 94.1. The van der Waals surface area contributed by atoms with Gasteiger partial charge in [0.05, 0.1) is 183 Å². The number of anilines is 1. The third kappa shape index (κ3) is 28.9. The number of aliphatic hydroxyl groups excluding tert-OH is 1. The summed E-state index contributed by atoms with van der Waals surface area (Å²) in [5.74, 6) is -1.37. The smallest absolute Gasteiger partial charge is 0.246 e. The number of quaternary nitrogens is 1. The normalized spacial score (nSPS) is 24.3. The van der Waals surface area contributed by atoms with Crippen molar-refractivity contribution in [2.45, 2.75) is 238 Å². The maximum atomic E-state index is 18.2. The highest BCUT2D eigenvalue weighted by Crippen LogP contribution is 2.72. The molecule has 2 aliphatic heterocycles. The van der Waals surface area contributed by atoms with Crippen LogP contribution in [0.3, 0.4) is 0 Å². The molecule has 7 aliphatic rings. The number of aliphatic hydroxyl groups is 1. The van der Waals surface area contributed by atoms with E-state index in [0.717, 1.165) is 70.9 Å². The van der Waals surface area contributed by atoms with E-state index in [1.54, 1.807) is 25.7 Å². The number of allylic oxidation sites excluding steroid dienone is 4. The number of ether oxygens (including phenoxy) is 11. The summed E-state index contributed by atoms with van der Waals surface area (Å²) < 4.78 is 102. The van der Waals surface area contributed by atoms with Gasteiger partial charge >= 0.3 is 0 Å². The van der Waals surface area contributed by atoms with Crippen molar-refractivity contribution < 1.29 is 118 Å². The van der Waals surface area contributed by atoms with Crippen molar-refractivity contribution in [2.75, 3.05) is 165 Å². The molecule has 131 heavy (non-hydrogen) atoms. The average Bonchev–Trinajstić information content (AvgIpc) is 1.54. The van der Waals surface area contributed by atoms with Gasteiger partial charge in [-0.1, -0.05) is 114 Å².